The molecule has 0 unspecified atom stereocenters. The average Bonchev–Trinajstić information content (AvgIpc) is 3.53. The van der Waals surface area contributed by atoms with E-state index in [0.29, 0.717) is 0 Å². The second-order valence-corrected chi connectivity index (χ2v) is 16.0. The maximum atomic E-state index is 2.37. The summed E-state index contributed by atoms with van der Waals surface area (Å²) < 4.78 is 0. The minimum atomic E-state index is 1.15. The van der Waals surface area contributed by atoms with Gasteiger partial charge in [0.15, 0.2) is 0 Å². The summed E-state index contributed by atoms with van der Waals surface area (Å²) in [5.74, 6) is 0. The number of fused-ring (bicyclic) bond motifs is 10. The lowest BCUT2D eigenvalue weighted by atomic mass is 9.90. The molecule has 0 heteroatoms. The number of benzene rings is 9. The molecule has 0 nitrogen and oxygen atoms in total. The van der Waals surface area contributed by atoms with E-state index in [0.717, 1.165) is 11.1 Å². The van der Waals surface area contributed by atoms with E-state index in [4.69, 9.17) is 0 Å². The molecule has 62 heavy (non-hydrogen) atoms. The molecule has 2 aliphatic rings. The second-order valence-electron chi connectivity index (χ2n) is 16.0. The highest BCUT2D eigenvalue weighted by Crippen LogP contribution is 2.47. The third kappa shape index (κ3) is 6.88. The maximum absolute atomic E-state index is 2.37. The normalized spacial score (nSPS) is 12.3. The van der Waals surface area contributed by atoms with Gasteiger partial charge in [0.05, 0.1) is 0 Å². The van der Waals surface area contributed by atoms with Gasteiger partial charge in [0, 0.05) is 0 Å². The van der Waals surface area contributed by atoms with Gasteiger partial charge < -0.3 is 0 Å². The van der Waals surface area contributed by atoms with Crippen LogP contribution in [-0.2, 0) is 0 Å². The number of rotatable bonds is 6. The van der Waals surface area contributed by atoms with Crippen molar-refractivity contribution in [1.82, 2.24) is 0 Å². The highest BCUT2D eigenvalue weighted by atomic mass is 14.3. The lowest BCUT2D eigenvalue weighted by Gasteiger charge is -2.13. The molecule has 0 bridgehead atoms. The standard InChI is InChI=1S/C62H42/c1-3-19-47(41-61-57-29-13-9-25-53(57)49-21-5-6-22-50(49)54-26-10-14-30-58(54)61)45(17-1)39-37-43-33-35-44(36-34-43)38-40-46-18-2-4-20-48(46)42-62-59-31-15-11-27-55(59)51-23-7-8-24-52(51)56-28-12-16-32-60(56)62/h1-42H/b39-37-,40-38?. The summed E-state index contributed by atoms with van der Waals surface area (Å²) in [6.45, 7) is 0. The Morgan fingerprint density at radius 2 is 0.387 bits per heavy atom. The fraction of sp³-hybridized carbons (Fsp3) is 0. The lowest BCUT2D eigenvalue weighted by molar-refractivity contribution is 1.56. The Kier molecular flexibility index (Phi) is 9.65. The molecule has 2 aliphatic carbocycles. The van der Waals surface area contributed by atoms with Crippen LogP contribution in [0.25, 0.3) is 92.1 Å². The molecule has 0 aliphatic heterocycles. The van der Waals surface area contributed by atoms with Crippen molar-refractivity contribution < 1.29 is 0 Å². The van der Waals surface area contributed by atoms with Gasteiger partial charge in [-0.25, -0.2) is 0 Å². The Balaban J connectivity index is 0.891. The highest BCUT2D eigenvalue weighted by molar-refractivity contribution is 6.08. The molecule has 290 valence electrons. The van der Waals surface area contributed by atoms with Crippen molar-refractivity contribution in [2.75, 3.05) is 0 Å². The van der Waals surface area contributed by atoms with E-state index in [2.05, 4.69) is 255 Å². The van der Waals surface area contributed by atoms with Crippen LogP contribution in [0.4, 0.5) is 0 Å². The summed E-state index contributed by atoms with van der Waals surface area (Å²) in [6.07, 6.45) is 13.7. The van der Waals surface area contributed by atoms with Gasteiger partial charge in [-0.1, -0.05) is 243 Å². The van der Waals surface area contributed by atoms with Gasteiger partial charge in [-0.15, -0.1) is 0 Å². The van der Waals surface area contributed by atoms with Crippen LogP contribution < -0.4 is 0 Å². The molecular formula is C62H42. The van der Waals surface area contributed by atoms with E-state index in [1.807, 2.05) is 0 Å². The van der Waals surface area contributed by atoms with Crippen molar-refractivity contribution >= 4 is 47.6 Å². The smallest absolute Gasteiger partial charge is 0.00928 e. The molecule has 9 aromatic rings. The van der Waals surface area contributed by atoms with Crippen LogP contribution in [0.5, 0.6) is 0 Å². The predicted octanol–water partition coefficient (Wildman–Crippen LogP) is 16.5. The molecule has 0 heterocycles. The van der Waals surface area contributed by atoms with Gasteiger partial charge in [0.2, 0.25) is 0 Å². The fourth-order valence-corrected chi connectivity index (χ4v) is 9.31. The first kappa shape index (κ1) is 37.0. The van der Waals surface area contributed by atoms with Crippen LogP contribution in [-0.4, -0.2) is 0 Å². The Morgan fingerprint density at radius 3 is 0.661 bits per heavy atom. The zero-order valence-corrected chi connectivity index (χ0v) is 34.2. The van der Waals surface area contributed by atoms with Gasteiger partial charge in [-0.3, -0.25) is 0 Å². The van der Waals surface area contributed by atoms with E-state index in [9.17, 15) is 0 Å². The molecule has 9 aromatic carbocycles. The van der Waals surface area contributed by atoms with Crippen LogP contribution in [0.2, 0.25) is 0 Å². The summed E-state index contributed by atoms with van der Waals surface area (Å²) in [7, 11) is 0. The fourth-order valence-electron chi connectivity index (χ4n) is 9.31. The van der Waals surface area contributed by atoms with Crippen molar-refractivity contribution in [2.45, 2.75) is 0 Å². The van der Waals surface area contributed by atoms with Crippen molar-refractivity contribution in [2.24, 2.45) is 0 Å². The molecule has 0 atom stereocenters. The Hall–Kier alpha value is -8.06. The molecule has 0 saturated heterocycles. The quantitative estimate of drug-likeness (QED) is 0.147. The predicted molar refractivity (Wildman–Crippen MR) is 266 cm³/mol. The summed E-state index contributed by atoms with van der Waals surface area (Å²) >= 11 is 0. The highest BCUT2D eigenvalue weighted by Gasteiger charge is 2.24. The van der Waals surface area contributed by atoms with Crippen LogP contribution in [0, 0.1) is 0 Å². The SMILES string of the molecule is C(=Cc1ccccc1C=C1c2ccccc2-c2ccccc2-c2ccccc21)c1ccc(/C=C\c2ccccc2C=C2c3ccccc3-c3ccccc3-c3ccccc32)cc1. The molecule has 0 fully saturated rings. The van der Waals surface area contributed by atoms with Crippen molar-refractivity contribution in [1.29, 1.82) is 0 Å². The van der Waals surface area contributed by atoms with Crippen molar-refractivity contribution in [3.8, 4) is 44.5 Å². The first-order chi connectivity index (χ1) is 30.8. The zero-order chi connectivity index (χ0) is 41.2. The zero-order valence-electron chi connectivity index (χ0n) is 34.2. The largest absolute Gasteiger partial charge is 0.0616 e. The molecule has 0 N–H and O–H groups in total. The van der Waals surface area contributed by atoms with Gasteiger partial charge in [-0.05, 0) is 123 Å². The molecule has 0 spiro atoms. The molecule has 0 amide bonds. The Labute approximate surface area is 364 Å². The second kappa shape index (κ2) is 16.2. The van der Waals surface area contributed by atoms with Gasteiger partial charge in [-0.2, -0.15) is 0 Å². The summed E-state index contributed by atoms with van der Waals surface area (Å²) in [5.41, 5.74) is 24.6. The van der Waals surface area contributed by atoms with E-state index in [1.165, 1.54) is 100 Å². The first-order valence-electron chi connectivity index (χ1n) is 21.4. The molecular weight excluding hydrogens is 745 g/mol. The number of hydrogen-bond donors (Lipinski definition) is 0. The molecule has 0 radical (unpaired) electrons. The van der Waals surface area contributed by atoms with Crippen LogP contribution in [0.15, 0.2) is 218 Å². The topological polar surface area (TPSA) is 0 Å². The molecule has 11 rings (SSSR count). The summed E-state index contributed by atoms with van der Waals surface area (Å²) in [6, 6.07) is 79.1. The van der Waals surface area contributed by atoms with E-state index >= 15 is 0 Å². The third-order valence-corrected chi connectivity index (χ3v) is 12.3. The average molecular weight is 787 g/mol. The Morgan fingerprint density at radius 1 is 0.177 bits per heavy atom. The maximum Gasteiger partial charge on any atom is -0.00928 e. The monoisotopic (exact) mass is 786 g/mol. The van der Waals surface area contributed by atoms with Crippen LogP contribution in [0.3, 0.4) is 0 Å². The van der Waals surface area contributed by atoms with Crippen LogP contribution >= 0.6 is 0 Å². The van der Waals surface area contributed by atoms with Gasteiger partial charge >= 0.3 is 0 Å². The molecule has 0 saturated carbocycles. The minimum Gasteiger partial charge on any atom is -0.0616 e. The van der Waals surface area contributed by atoms with Crippen LogP contribution in [0.1, 0.15) is 55.6 Å². The number of hydrogen-bond acceptors (Lipinski definition) is 0. The van der Waals surface area contributed by atoms with Crippen molar-refractivity contribution in [3.05, 3.63) is 274 Å². The van der Waals surface area contributed by atoms with Gasteiger partial charge in [0.1, 0.15) is 0 Å². The minimum absolute atomic E-state index is 1.15. The van der Waals surface area contributed by atoms with E-state index in [-0.39, 0.29) is 0 Å². The summed E-state index contributed by atoms with van der Waals surface area (Å²) in [4.78, 5) is 0. The van der Waals surface area contributed by atoms with E-state index < -0.39 is 0 Å². The third-order valence-electron chi connectivity index (χ3n) is 12.3. The Bertz CT molecular complexity index is 2920. The van der Waals surface area contributed by atoms with Crippen molar-refractivity contribution in [3.63, 3.8) is 0 Å². The van der Waals surface area contributed by atoms with Gasteiger partial charge in [0.25, 0.3) is 0 Å². The van der Waals surface area contributed by atoms with E-state index in [1.54, 1.807) is 0 Å². The lowest BCUT2D eigenvalue weighted by Crippen LogP contribution is -1.91. The molecule has 0 aromatic heterocycles. The summed E-state index contributed by atoms with van der Waals surface area (Å²) in [5, 5.41) is 0. The first-order valence-corrected chi connectivity index (χ1v) is 21.4.